The Morgan fingerprint density at radius 1 is 0.286 bits per heavy atom. The highest BCUT2D eigenvalue weighted by Gasteiger charge is 2.22. The molecule has 0 spiro atoms. The van der Waals surface area contributed by atoms with Crippen LogP contribution in [0.3, 0.4) is 0 Å². The van der Waals surface area contributed by atoms with Crippen molar-refractivity contribution in [2.45, 2.75) is 0 Å². The van der Waals surface area contributed by atoms with Crippen LogP contribution < -0.4 is 0 Å². The van der Waals surface area contributed by atoms with Gasteiger partial charge in [0.1, 0.15) is 11.2 Å². The van der Waals surface area contributed by atoms with E-state index in [1.165, 1.54) is 0 Å². The van der Waals surface area contributed by atoms with E-state index in [0.717, 1.165) is 116 Å². The van der Waals surface area contributed by atoms with Gasteiger partial charge < -0.3 is 4.42 Å². The van der Waals surface area contributed by atoms with Gasteiger partial charge in [-0.1, -0.05) is 182 Å². The summed E-state index contributed by atoms with van der Waals surface area (Å²) in [6, 6.07) is 78.5. The summed E-state index contributed by atoms with van der Waals surface area (Å²) in [5.74, 6) is 0.681. The number of nitrogens with zero attached hydrogens (tertiary/aromatic N) is 3. The van der Waals surface area contributed by atoms with E-state index in [9.17, 15) is 0 Å². The number of hydrogen-bond acceptors (Lipinski definition) is 4. The number of furan rings is 1. The molecule has 0 fully saturated rings. The lowest BCUT2D eigenvalue weighted by Crippen LogP contribution is -1.96. The number of hydrogen-bond donors (Lipinski definition) is 0. The topological polar surface area (TPSA) is 51.8 Å². The third kappa shape index (κ3) is 6.53. The zero-order chi connectivity index (χ0) is 41.7. The first-order valence-electron chi connectivity index (χ1n) is 21.3. The maximum Gasteiger partial charge on any atom is 0.160 e. The summed E-state index contributed by atoms with van der Waals surface area (Å²) >= 11 is 0. The monoisotopic (exact) mass is 803 g/mol. The van der Waals surface area contributed by atoms with Crippen LogP contribution in [-0.2, 0) is 0 Å². The molecule has 9 aromatic carbocycles. The van der Waals surface area contributed by atoms with E-state index < -0.39 is 0 Å². The van der Waals surface area contributed by atoms with Crippen LogP contribution in [0.2, 0.25) is 0 Å². The molecule has 0 atom stereocenters. The molecule has 12 rings (SSSR count). The van der Waals surface area contributed by atoms with E-state index in [2.05, 4.69) is 200 Å². The van der Waals surface area contributed by atoms with Crippen LogP contribution >= 0.6 is 0 Å². The summed E-state index contributed by atoms with van der Waals surface area (Å²) in [4.78, 5) is 15.7. The van der Waals surface area contributed by atoms with Gasteiger partial charge in [0, 0.05) is 54.7 Å². The Morgan fingerprint density at radius 2 is 0.794 bits per heavy atom. The summed E-state index contributed by atoms with van der Waals surface area (Å²) in [5.41, 5.74) is 16.1. The Labute approximate surface area is 364 Å². The molecule has 0 bridgehead atoms. The average Bonchev–Trinajstić information content (AvgIpc) is 3.74. The number of aromatic nitrogens is 3. The van der Waals surface area contributed by atoms with Crippen molar-refractivity contribution in [1.82, 2.24) is 15.0 Å². The number of fused-ring (bicyclic) bond motifs is 6. The molecule has 4 nitrogen and oxygen atoms in total. The van der Waals surface area contributed by atoms with E-state index in [1.807, 2.05) is 24.3 Å². The molecular weight excluding hydrogens is 767 g/mol. The van der Waals surface area contributed by atoms with Crippen LogP contribution in [0.1, 0.15) is 0 Å². The average molecular weight is 804 g/mol. The first-order valence-corrected chi connectivity index (χ1v) is 21.3. The first-order chi connectivity index (χ1) is 31.2. The second kappa shape index (κ2) is 15.2. The van der Waals surface area contributed by atoms with Crippen LogP contribution in [0.5, 0.6) is 0 Å². The predicted octanol–water partition coefficient (Wildman–Crippen LogP) is 15.7. The van der Waals surface area contributed by atoms with Crippen molar-refractivity contribution < 1.29 is 4.42 Å². The molecule has 4 heteroatoms. The highest BCUT2D eigenvalue weighted by Crippen LogP contribution is 2.47. The first kappa shape index (κ1) is 36.4. The Bertz CT molecular complexity index is 3670. The lowest BCUT2D eigenvalue weighted by atomic mass is 9.88. The van der Waals surface area contributed by atoms with Crippen LogP contribution in [0.15, 0.2) is 229 Å². The maximum absolute atomic E-state index is 6.68. The highest BCUT2D eigenvalue weighted by atomic mass is 16.3. The van der Waals surface area contributed by atoms with Gasteiger partial charge in [0.25, 0.3) is 0 Å². The van der Waals surface area contributed by atoms with Crippen LogP contribution in [0, 0.1) is 0 Å². The van der Waals surface area contributed by atoms with Crippen molar-refractivity contribution >= 4 is 43.6 Å². The van der Waals surface area contributed by atoms with Crippen molar-refractivity contribution in [3.63, 3.8) is 0 Å². The van der Waals surface area contributed by atoms with E-state index in [-0.39, 0.29) is 0 Å². The van der Waals surface area contributed by atoms with Gasteiger partial charge in [0.05, 0.1) is 22.6 Å². The minimum atomic E-state index is 0.681. The Hall–Kier alpha value is -8.47. The zero-order valence-electron chi connectivity index (χ0n) is 34.1. The molecule has 0 saturated heterocycles. The summed E-state index contributed by atoms with van der Waals surface area (Å²) < 4.78 is 6.68. The second-order valence-electron chi connectivity index (χ2n) is 15.9. The molecule has 0 saturated carbocycles. The summed E-state index contributed by atoms with van der Waals surface area (Å²) in [5, 5.41) is 5.49. The molecule has 0 aliphatic rings. The standard InChI is InChI=1S/C59H37N3O/c1-4-17-38(18-5-1)41-23-16-28-46(35-41)59-61-51(39-19-6-2-7-20-39)37-52(62-59)44-26-14-24-42(33-44)43-25-15-27-45(34-43)55-56-47-29-10-12-31-50(47)60-58(40-21-8-3-9-22-40)49(56)36-54-57(55)48-30-11-13-32-53(48)63-54/h1-37H. The fourth-order valence-corrected chi connectivity index (χ4v) is 9.08. The SMILES string of the molecule is c1ccc(-c2cccc(-c3nc(-c4ccccc4)cc(-c4cccc(-c5cccc(-c6c7c(cc8c(-c9ccccc9)nc9ccccc9c68)oc6ccccc67)c5)c4)n3)c2)cc1. The van der Waals surface area contributed by atoms with Crippen LogP contribution in [0.25, 0.3) is 122 Å². The van der Waals surface area contributed by atoms with E-state index in [4.69, 9.17) is 19.4 Å². The molecule has 0 radical (unpaired) electrons. The molecule has 294 valence electrons. The summed E-state index contributed by atoms with van der Waals surface area (Å²) in [6.45, 7) is 0. The van der Waals surface area contributed by atoms with E-state index in [0.29, 0.717) is 5.82 Å². The fraction of sp³-hybridized carbons (Fsp3) is 0. The fourth-order valence-electron chi connectivity index (χ4n) is 9.08. The van der Waals surface area contributed by atoms with E-state index >= 15 is 0 Å². The molecule has 12 aromatic rings. The molecule has 0 aliphatic carbocycles. The molecule has 0 aliphatic heterocycles. The Balaban J connectivity index is 1.04. The number of rotatable bonds is 7. The lowest BCUT2D eigenvalue weighted by Gasteiger charge is -2.16. The van der Waals surface area contributed by atoms with Gasteiger partial charge in [-0.05, 0) is 70.3 Å². The highest BCUT2D eigenvalue weighted by molar-refractivity contribution is 6.27. The van der Waals surface area contributed by atoms with Crippen molar-refractivity contribution in [2.75, 3.05) is 0 Å². The molecule has 0 amide bonds. The second-order valence-corrected chi connectivity index (χ2v) is 15.9. The van der Waals surface area contributed by atoms with E-state index in [1.54, 1.807) is 0 Å². The summed E-state index contributed by atoms with van der Waals surface area (Å²) in [6.07, 6.45) is 0. The van der Waals surface area contributed by atoms with Gasteiger partial charge in [-0.3, -0.25) is 0 Å². The number of pyridine rings is 1. The normalized spacial score (nSPS) is 11.5. The lowest BCUT2D eigenvalue weighted by molar-refractivity contribution is 0.669. The molecule has 63 heavy (non-hydrogen) atoms. The van der Waals surface area contributed by atoms with Crippen molar-refractivity contribution in [1.29, 1.82) is 0 Å². The van der Waals surface area contributed by atoms with Gasteiger partial charge in [-0.25, -0.2) is 15.0 Å². The molecule has 0 unspecified atom stereocenters. The van der Waals surface area contributed by atoms with Crippen molar-refractivity contribution in [3.05, 3.63) is 224 Å². The predicted molar refractivity (Wildman–Crippen MR) is 260 cm³/mol. The molecule has 3 aromatic heterocycles. The molecule has 0 N–H and O–H groups in total. The third-order valence-corrected chi connectivity index (χ3v) is 12.0. The quantitative estimate of drug-likeness (QED) is 0.151. The van der Waals surface area contributed by atoms with Crippen molar-refractivity contribution in [3.8, 4) is 78.5 Å². The summed E-state index contributed by atoms with van der Waals surface area (Å²) in [7, 11) is 0. The zero-order valence-corrected chi connectivity index (χ0v) is 34.1. The van der Waals surface area contributed by atoms with Crippen LogP contribution in [0.4, 0.5) is 0 Å². The largest absolute Gasteiger partial charge is 0.456 e. The number of para-hydroxylation sites is 2. The minimum absolute atomic E-state index is 0.681. The van der Waals surface area contributed by atoms with Gasteiger partial charge in [-0.2, -0.15) is 0 Å². The van der Waals surface area contributed by atoms with Gasteiger partial charge in [0.15, 0.2) is 5.82 Å². The smallest absolute Gasteiger partial charge is 0.160 e. The number of benzene rings is 9. The molecule has 3 heterocycles. The maximum atomic E-state index is 6.68. The van der Waals surface area contributed by atoms with Gasteiger partial charge in [0.2, 0.25) is 0 Å². The van der Waals surface area contributed by atoms with Crippen molar-refractivity contribution in [2.24, 2.45) is 0 Å². The minimum Gasteiger partial charge on any atom is -0.456 e. The Morgan fingerprint density at radius 3 is 1.52 bits per heavy atom. The molecular formula is C59H37N3O. The van der Waals surface area contributed by atoms with Gasteiger partial charge >= 0.3 is 0 Å². The Kier molecular flexibility index (Phi) is 8.79. The van der Waals surface area contributed by atoms with Crippen LogP contribution in [-0.4, -0.2) is 15.0 Å². The third-order valence-electron chi connectivity index (χ3n) is 12.0. The van der Waals surface area contributed by atoms with Gasteiger partial charge in [-0.15, -0.1) is 0 Å².